The van der Waals surface area contributed by atoms with E-state index in [2.05, 4.69) is 18.8 Å². The Morgan fingerprint density at radius 1 is 1.25 bits per heavy atom. The second kappa shape index (κ2) is 4.78. The van der Waals surface area contributed by atoms with E-state index in [9.17, 15) is 4.79 Å². The molecule has 1 aliphatic heterocycles. The van der Waals surface area contributed by atoms with Gasteiger partial charge in [-0.15, -0.1) is 0 Å². The van der Waals surface area contributed by atoms with Crippen LogP contribution in [0.1, 0.15) is 24.3 Å². The molecule has 2 aromatic rings. The normalized spacial score (nSPS) is 22.4. The van der Waals surface area contributed by atoms with Crippen LogP contribution in [0.3, 0.4) is 0 Å². The van der Waals surface area contributed by atoms with Gasteiger partial charge in [0, 0.05) is 24.2 Å². The van der Waals surface area contributed by atoms with Crippen LogP contribution in [0.2, 0.25) is 0 Å². The van der Waals surface area contributed by atoms with Crippen molar-refractivity contribution >= 4 is 22.5 Å². The van der Waals surface area contributed by atoms with Crippen molar-refractivity contribution in [1.82, 2.24) is 9.88 Å². The maximum Gasteiger partial charge on any atom is 0.272 e. The van der Waals surface area contributed by atoms with Crippen molar-refractivity contribution in [2.75, 3.05) is 18.8 Å². The average molecular weight is 269 g/mol. The van der Waals surface area contributed by atoms with E-state index in [0.29, 0.717) is 23.2 Å². The number of hydrogen-bond acceptors (Lipinski definition) is 3. The number of nitrogen functional groups attached to an aromatic ring is 1. The van der Waals surface area contributed by atoms with Gasteiger partial charge in [0.2, 0.25) is 0 Å². The number of likely N-dealkylation sites (tertiary alicyclic amines) is 1. The Bertz CT molecular complexity index is 658. The van der Waals surface area contributed by atoms with Crippen molar-refractivity contribution < 1.29 is 4.79 Å². The number of fused-ring (bicyclic) bond motifs is 1. The lowest BCUT2D eigenvalue weighted by molar-refractivity contribution is 0.0779. The number of hydrogen-bond donors (Lipinski definition) is 1. The zero-order chi connectivity index (χ0) is 14.3. The second-order valence-corrected chi connectivity index (χ2v) is 5.78. The Morgan fingerprint density at radius 3 is 2.60 bits per heavy atom. The fraction of sp³-hybridized carbons (Fsp3) is 0.375. The molecule has 3 rings (SSSR count). The van der Waals surface area contributed by atoms with Gasteiger partial charge < -0.3 is 10.6 Å². The number of rotatable bonds is 1. The first-order valence-corrected chi connectivity index (χ1v) is 7.01. The molecular weight excluding hydrogens is 250 g/mol. The predicted octanol–water partition coefficient (Wildman–Crippen LogP) is 2.55. The lowest BCUT2D eigenvalue weighted by atomic mass is 10.0. The molecule has 0 saturated carbocycles. The first-order valence-electron chi connectivity index (χ1n) is 7.01. The van der Waals surface area contributed by atoms with E-state index in [0.717, 1.165) is 24.0 Å². The number of nitrogens with two attached hydrogens (primary N) is 1. The molecule has 1 amide bonds. The van der Waals surface area contributed by atoms with Gasteiger partial charge in [0.25, 0.3) is 5.91 Å². The number of nitrogens with zero attached hydrogens (tertiary/aromatic N) is 2. The van der Waals surface area contributed by atoms with Gasteiger partial charge in [-0.1, -0.05) is 32.0 Å². The summed E-state index contributed by atoms with van der Waals surface area (Å²) in [6.45, 7) is 5.96. The van der Waals surface area contributed by atoms with Crippen LogP contribution in [0.15, 0.2) is 30.3 Å². The molecule has 104 valence electrons. The maximum absolute atomic E-state index is 12.5. The molecule has 1 fully saturated rings. The molecule has 2 unspecified atom stereocenters. The van der Waals surface area contributed by atoms with Crippen LogP contribution >= 0.6 is 0 Å². The summed E-state index contributed by atoms with van der Waals surface area (Å²) in [7, 11) is 0. The Hall–Kier alpha value is -2.10. The van der Waals surface area contributed by atoms with Gasteiger partial charge in [0.05, 0.1) is 5.52 Å². The van der Waals surface area contributed by atoms with E-state index in [1.54, 1.807) is 6.07 Å². The minimum absolute atomic E-state index is 0.0151. The summed E-state index contributed by atoms with van der Waals surface area (Å²) in [5.74, 6) is 1.06. The Labute approximate surface area is 118 Å². The molecule has 2 N–H and O–H groups in total. The van der Waals surface area contributed by atoms with Gasteiger partial charge in [-0.2, -0.15) is 0 Å². The van der Waals surface area contributed by atoms with E-state index in [1.165, 1.54) is 0 Å². The highest BCUT2D eigenvalue weighted by Crippen LogP contribution is 2.25. The summed E-state index contributed by atoms with van der Waals surface area (Å²) in [6.07, 6.45) is 0. The van der Waals surface area contributed by atoms with Crippen molar-refractivity contribution in [3.8, 4) is 0 Å². The average Bonchev–Trinajstić information content (AvgIpc) is 2.78. The zero-order valence-electron chi connectivity index (χ0n) is 11.8. The lowest BCUT2D eigenvalue weighted by Gasteiger charge is -2.16. The highest BCUT2D eigenvalue weighted by molar-refractivity contribution is 5.99. The molecule has 1 saturated heterocycles. The minimum Gasteiger partial charge on any atom is -0.398 e. The Kier molecular flexibility index (Phi) is 3.08. The van der Waals surface area contributed by atoms with Crippen LogP contribution < -0.4 is 5.73 Å². The van der Waals surface area contributed by atoms with E-state index < -0.39 is 0 Å². The number of pyridine rings is 1. The lowest BCUT2D eigenvalue weighted by Crippen LogP contribution is -2.29. The third-order valence-electron chi connectivity index (χ3n) is 4.24. The van der Waals surface area contributed by atoms with Gasteiger partial charge in [-0.3, -0.25) is 4.79 Å². The number of carbonyl (C=O) groups is 1. The molecule has 0 radical (unpaired) electrons. The van der Waals surface area contributed by atoms with Gasteiger partial charge >= 0.3 is 0 Å². The molecule has 2 heterocycles. The number of para-hydroxylation sites is 1. The monoisotopic (exact) mass is 269 g/mol. The van der Waals surface area contributed by atoms with Crippen LogP contribution in [0.25, 0.3) is 10.9 Å². The van der Waals surface area contributed by atoms with Crippen LogP contribution in [0.4, 0.5) is 5.69 Å². The molecule has 4 heteroatoms. The molecule has 20 heavy (non-hydrogen) atoms. The molecule has 1 aliphatic rings. The molecule has 1 aromatic heterocycles. The molecule has 4 nitrogen and oxygen atoms in total. The summed E-state index contributed by atoms with van der Waals surface area (Å²) in [5.41, 5.74) is 7.87. The number of benzene rings is 1. The largest absolute Gasteiger partial charge is 0.398 e. The topological polar surface area (TPSA) is 59.2 Å². The van der Waals surface area contributed by atoms with Gasteiger partial charge in [-0.05, 0) is 24.0 Å². The van der Waals surface area contributed by atoms with Crippen LogP contribution in [-0.2, 0) is 0 Å². The summed E-state index contributed by atoms with van der Waals surface area (Å²) >= 11 is 0. The van der Waals surface area contributed by atoms with Crippen molar-refractivity contribution in [2.24, 2.45) is 11.8 Å². The summed E-state index contributed by atoms with van der Waals surface area (Å²) in [6, 6.07) is 9.33. The van der Waals surface area contributed by atoms with Crippen molar-refractivity contribution in [2.45, 2.75) is 13.8 Å². The molecule has 0 aliphatic carbocycles. The third kappa shape index (κ3) is 2.11. The predicted molar refractivity (Wildman–Crippen MR) is 80.4 cm³/mol. The van der Waals surface area contributed by atoms with E-state index >= 15 is 0 Å². The number of amides is 1. The molecule has 1 aromatic carbocycles. The van der Waals surface area contributed by atoms with Gasteiger partial charge in [0.15, 0.2) is 0 Å². The number of anilines is 1. The van der Waals surface area contributed by atoms with Gasteiger partial charge in [-0.25, -0.2) is 4.98 Å². The number of aromatic nitrogens is 1. The van der Waals surface area contributed by atoms with Crippen LogP contribution in [0, 0.1) is 11.8 Å². The second-order valence-electron chi connectivity index (χ2n) is 5.78. The first kappa shape index (κ1) is 12.9. The molecule has 0 spiro atoms. The van der Waals surface area contributed by atoms with Gasteiger partial charge in [0.1, 0.15) is 5.69 Å². The third-order valence-corrected chi connectivity index (χ3v) is 4.24. The minimum atomic E-state index is -0.0151. The number of carbonyl (C=O) groups excluding carboxylic acids is 1. The molecule has 0 bridgehead atoms. The zero-order valence-corrected chi connectivity index (χ0v) is 11.8. The first-order chi connectivity index (χ1) is 9.56. The van der Waals surface area contributed by atoms with Crippen LogP contribution in [-0.4, -0.2) is 28.9 Å². The standard InChI is InChI=1S/C16H19N3O/c1-10-8-19(9-11(10)2)16(20)15-7-13(17)12-5-3-4-6-14(12)18-15/h3-7,10-11H,8-9H2,1-2H3,(H2,17,18). The summed E-state index contributed by atoms with van der Waals surface area (Å²) in [5, 5.41) is 0.896. The van der Waals surface area contributed by atoms with Crippen molar-refractivity contribution in [3.63, 3.8) is 0 Å². The fourth-order valence-electron chi connectivity index (χ4n) is 2.77. The maximum atomic E-state index is 12.5. The Morgan fingerprint density at radius 2 is 1.90 bits per heavy atom. The van der Waals surface area contributed by atoms with E-state index in [1.807, 2.05) is 29.2 Å². The highest BCUT2D eigenvalue weighted by atomic mass is 16.2. The van der Waals surface area contributed by atoms with E-state index in [-0.39, 0.29) is 5.91 Å². The molecule has 2 atom stereocenters. The summed E-state index contributed by atoms with van der Waals surface area (Å²) in [4.78, 5) is 18.9. The molecular formula is C16H19N3O. The fourth-order valence-corrected chi connectivity index (χ4v) is 2.77. The SMILES string of the molecule is CC1CN(C(=O)c2cc(N)c3ccccc3n2)CC1C. The van der Waals surface area contributed by atoms with E-state index in [4.69, 9.17) is 5.73 Å². The quantitative estimate of drug-likeness (QED) is 0.865. The van der Waals surface area contributed by atoms with Crippen molar-refractivity contribution in [3.05, 3.63) is 36.0 Å². The Balaban J connectivity index is 1.96. The summed E-state index contributed by atoms with van der Waals surface area (Å²) < 4.78 is 0. The highest BCUT2D eigenvalue weighted by Gasteiger charge is 2.30. The van der Waals surface area contributed by atoms with Crippen LogP contribution in [0.5, 0.6) is 0 Å². The van der Waals surface area contributed by atoms with Crippen molar-refractivity contribution in [1.29, 1.82) is 0 Å². The smallest absolute Gasteiger partial charge is 0.272 e.